The molecule has 0 saturated carbocycles. The third-order valence-electron chi connectivity index (χ3n) is 1.17. The molecule has 0 aliphatic heterocycles. The molecule has 0 bridgehead atoms. The van der Waals surface area contributed by atoms with E-state index in [1.165, 1.54) is 0 Å². The molecule has 49 valence electrons. The molecule has 0 amide bonds. The van der Waals surface area contributed by atoms with Crippen molar-refractivity contribution in [3.8, 4) is 0 Å². The Hall–Kier alpha value is -0.790. The number of nitrogens with zero attached hydrogens (tertiary/aromatic N) is 1. The van der Waals surface area contributed by atoms with E-state index >= 15 is 0 Å². The molecule has 1 heterocycles. The minimum absolute atomic E-state index is 0.910. The lowest BCUT2D eigenvalue weighted by Gasteiger charge is -1.86. The van der Waals surface area contributed by atoms with Gasteiger partial charge in [0.05, 0.1) is 5.69 Å². The summed E-state index contributed by atoms with van der Waals surface area (Å²) in [5, 5.41) is 0. The molecule has 0 aliphatic rings. The molecule has 0 unspecified atom stereocenters. The lowest BCUT2D eigenvalue weighted by atomic mass is 10.3. The van der Waals surface area contributed by atoms with E-state index in [2.05, 4.69) is 16.9 Å². The average molecular weight is 123 g/mol. The highest BCUT2D eigenvalue weighted by atomic mass is 14.9. The van der Waals surface area contributed by atoms with Gasteiger partial charge in [-0.25, -0.2) is 4.98 Å². The molecule has 0 spiro atoms. The molecule has 1 aromatic rings. The zero-order valence-electron chi connectivity index (χ0n) is 5.65. The van der Waals surface area contributed by atoms with Gasteiger partial charge in [0.15, 0.2) is 0 Å². The van der Waals surface area contributed by atoms with Crippen LogP contribution in [0.1, 0.15) is 17.9 Å². The van der Waals surface area contributed by atoms with Crippen molar-refractivity contribution in [3.63, 3.8) is 0 Å². The van der Waals surface area contributed by atoms with Crippen molar-refractivity contribution in [1.29, 1.82) is 0 Å². The molecule has 1 N–H and O–H groups in total. The Balaban J connectivity index is 2.61. The molecule has 2 heteroatoms. The van der Waals surface area contributed by atoms with E-state index in [9.17, 15) is 0 Å². The Bertz CT molecular complexity index is 179. The molecule has 1 aromatic heterocycles. The summed E-state index contributed by atoms with van der Waals surface area (Å²) >= 11 is 0. The zero-order valence-corrected chi connectivity index (χ0v) is 5.65. The zero-order chi connectivity index (χ0) is 6.69. The molecule has 0 saturated heterocycles. The van der Waals surface area contributed by atoms with Crippen molar-refractivity contribution in [1.82, 2.24) is 9.97 Å². The molecule has 0 fully saturated rings. The maximum Gasteiger partial charge on any atom is 0.106 e. The lowest BCUT2D eigenvalue weighted by molar-refractivity contribution is 0.904. The van der Waals surface area contributed by atoms with Gasteiger partial charge in [-0.2, -0.15) is 0 Å². The number of aromatic nitrogens is 2. The lowest BCUT2D eigenvalue weighted by Crippen LogP contribution is -1.84. The van der Waals surface area contributed by atoms with Crippen LogP contribution in [-0.4, -0.2) is 9.97 Å². The molecule has 1 radical (unpaired) electrons. The second kappa shape index (κ2) is 2.67. The van der Waals surface area contributed by atoms with Crippen LogP contribution >= 0.6 is 0 Å². The number of hydrogen-bond acceptors (Lipinski definition) is 1. The number of hydrogen-bond donors (Lipinski definition) is 1. The highest BCUT2D eigenvalue weighted by molar-refractivity contribution is 4.98. The predicted octanol–water partition coefficient (Wildman–Crippen LogP) is 1.48. The number of imidazole rings is 1. The first-order valence-electron chi connectivity index (χ1n) is 3.13. The quantitative estimate of drug-likeness (QED) is 0.634. The van der Waals surface area contributed by atoms with Crippen molar-refractivity contribution in [2.75, 3.05) is 0 Å². The standard InChI is InChI=1S/C7H11N2/c1-3-4-7-8-5-6(2)9-7/h5H,1,3-4H2,2H3,(H,8,9). The summed E-state index contributed by atoms with van der Waals surface area (Å²) in [7, 11) is 0. The minimum Gasteiger partial charge on any atom is -0.348 e. The summed E-state index contributed by atoms with van der Waals surface area (Å²) in [4.78, 5) is 7.26. The first-order chi connectivity index (χ1) is 4.33. The van der Waals surface area contributed by atoms with Gasteiger partial charge in [0, 0.05) is 12.6 Å². The van der Waals surface area contributed by atoms with Gasteiger partial charge in [-0.1, -0.05) is 6.92 Å². The second-order valence-corrected chi connectivity index (χ2v) is 2.09. The summed E-state index contributed by atoms with van der Waals surface area (Å²) in [6.07, 6.45) is 3.77. The van der Waals surface area contributed by atoms with Crippen LogP contribution < -0.4 is 0 Å². The molecule has 0 atom stereocenters. The monoisotopic (exact) mass is 123 g/mol. The third kappa shape index (κ3) is 1.56. The molecular formula is C7H11N2. The molecule has 9 heavy (non-hydrogen) atoms. The van der Waals surface area contributed by atoms with Crippen LogP contribution in [-0.2, 0) is 6.42 Å². The number of rotatable bonds is 2. The first-order valence-corrected chi connectivity index (χ1v) is 3.13. The van der Waals surface area contributed by atoms with Crippen LogP contribution in [0.2, 0.25) is 0 Å². The highest BCUT2D eigenvalue weighted by Gasteiger charge is 1.92. The van der Waals surface area contributed by atoms with Crippen LogP contribution in [0.5, 0.6) is 0 Å². The molecule has 1 rings (SSSR count). The summed E-state index contributed by atoms with van der Waals surface area (Å²) in [5.41, 5.74) is 1.05. The highest BCUT2D eigenvalue weighted by Crippen LogP contribution is 1.96. The fourth-order valence-electron chi connectivity index (χ4n) is 0.761. The van der Waals surface area contributed by atoms with Gasteiger partial charge < -0.3 is 4.98 Å². The Morgan fingerprint density at radius 3 is 3.00 bits per heavy atom. The fraction of sp³-hybridized carbons (Fsp3) is 0.429. The smallest absolute Gasteiger partial charge is 0.106 e. The van der Waals surface area contributed by atoms with Crippen LogP contribution in [0, 0.1) is 13.8 Å². The number of nitrogens with one attached hydrogen (secondary N) is 1. The van der Waals surface area contributed by atoms with E-state index < -0.39 is 0 Å². The maximum absolute atomic E-state index is 4.20. The van der Waals surface area contributed by atoms with E-state index in [0.29, 0.717) is 0 Å². The fourth-order valence-corrected chi connectivity index (χ4v) is 0.761. The van der Waals surface area contributed by atoms with Crippen LogP contribution in [0.4, 0.5) is 0 Å². The van der Waals surface area contributed by atoms with Crippen molar-refractivity contribution >= 4 is 0 Å². The topological polar surface area (TPSA) is 28.7 Å². The molecular weight excluding hydrogens is 112 g/mol. The van der Waals surface area contributed by atoms with Gasteiger partial charge in [0.25, 0.3) is 0 Å². The molecule has 0 aliphatic carbocycles. The summed E-state index contributed by atoms with van der Waals surface area (Å²) in [5.74, 6) is 1.04. The van der Waals surface area contributed by atoms with Gasteiger partial charge in [0.1, 0.15) is 5.82 Å². The average Bonchev–Trinajstić information content (AvgIpc) is 2.17. The third-order valence-corrected chi connectivity index (χ3v) is 1.17. The van der Waals surface area contributed by atoms with E-state index in [1.54, 1.807) is 0 Å². The van der Waals surface area contributed by atoms with Gasteiger partial charge in [-0.05, 0) is 13.3 Å². The van der Waals surface area contributed by atoms with E-state index in [-0.39, 0.29) is 0 Å². The SMILES string of the molecule is [CH2]CCc1nc(C)c[nH]1. The summed E-state index contributed by atoms with van der Waals surface area (Å²) < 4.78 is 0. The van der Waals surface area contributed by atoms with Crippen LogP contribution in [0.25, 0.3) is 0 Å². The number of aromatic amines is 1. The Kier molecular flexibility index (Phi) is 1.88. The van der Waals surface area contributed by atoms with Crippen molar-refractivity contribution in [3.05, 3.63) is 24.6 Å². The maximum atomic E-state index is 4.20. The van der Waals surface area contributed by atoms with Crippen LogP contribution in [0.3, 0.4) is 0 Å². The Morgan fingerprint density at radius 1 is 1.78 bits per heavy atom. The summed E-state index contributed by atoms with van der Waals surface area (Å²) in [6, 6.07) is 0. The van der Waals surface area contributed by atoms with Gasteiger partial charge in [-0.15, -0.1) is 0 Å². The molecule has 2 nitrogen and oxygen atoms in total. The van der Waals surface area contributed by atoms with Crippen LogP contribution in [0.15, 0.2) is 6.20 Å². The normalized spacial score (nSPS) is 10.0. The van der Waals surface area contributed by atoms with Crippen molar-refractivity contribution < 1.29 is 0 Å². The van der Waals surface area contributed by atoms with Gasteiger partial charge in [-0.3, -0.25) is 0 Å². The molecule has 0 aromatic carbocycles. The van der Waals surface area contributed by atoms with Crippen molar-refractivity contribution in [2.24, 2.45) is 0 Å². The number of H-pyrrole nitrogens is 1. The van der Waals surface area contributed by atoms with E-state index in [0.717, 1.165) is 24.4 Å². The summed E-state index contributed by atoms with van der Waals surface area (Å²) in [6.45, 7) is 5.71. The van der Waals surface area contributed by atoms with E-state index in [4.69, 9.17) is 0 Å². The van der Waals surface area contributed by atoms with Crippen molar-refractivity contribution in [2.45, 2.75) is 19.8 Å². The minimum atomic E-state index is 0.910. The number of aryl methyl sites for hydroxylation is 2. The Labute approximate surface area is 55.3 Å². The second-order valence-electron chi connectivity index (χ2n) is 2.09. The first kappa shape index (κ1) is 6.33. The van der Waals surface area contributed by atoms with Gasteiger partial charge in [0.2, 0.25) is 0 Å². The largest absolute Gasteiger partial charge is 0.348 e. The van der Waals surface area contributed by atoms with E-state index in [1.807, 2.05) is 13.1 Å². The van der Waals surface area contributed by atoms with Gasteiger partial charge >= 0.3 is 0 Å². The predicted molar refractivity (Wildman–Crippen MR) is 37.0 cm³/mol. The Morgan fingerprint density at radius 2 is 2.56 bits per heavy atom.